The number of nitrogens with zero attached hydrogens (tertiary/aromatic N) is 2. The average Bonchev–Trinajstić information content (AvgIpc) is 2.92. The van der Waals surface area contributed by atoms with Crippen molar-refractivity contribution in [3.63, 3.8) is 0 Å². The number of fused-ring (bicyclic) bond motifs is 1. The van der Waals surface area contributed by atoms with Crippen LogP contribution < -0.4 is 4.74 Å². The molecule has 0 N–H and O–H groups in total. The highest BCUT2D eigenvalue weighted by atomic mass is 16.5. The lowest BCUT2D eigenvalue weighted by molar-refractivity contribution is -0.145. The molecule has 2 atom stereocenters. The maximum Gasteiger partial charge on any atom is 0.328 e. The van der Waals surface area contributed by atoms with Crippen molar-refractivity contribution >= 4 is 11.9 Å². The van der Waals surface area contributed by atoms with Gasteiger partial charge in [0, 0.05) is 11.1 Å². The van der Waals surface area contributed by atoms with E-state index in [1.54, 1.807) is 25.1 Å². The minimum Gasteiger partial charge on any atom is -0.467 e. The highest BCUT2D eigenvalue weighted by molar-refractivity contribution is 6.02. The van der Waals surface area contributed by atoms with Crippen molar-refractivity contribution in [2.75, 3.05) is 7.11 Å². The topological polar surface area (TPSA) is 79.6 Å². The summed E-state index contributed by atoms with van der Waals surface area (Å²) in [5.41, 5.74) is 0.916. The third-order valence-corrected chi connectivity index (χ3v) is 4.12. The van der Waals surface area contributed by atoms with Crippen LogP contribution in [0.3, 0.4) is 0 Å². The smallest absolute Gasteiger partial charge is 0.328 e. The highest BCUT2D eigenvalue weighted by Crippen LogP contribution is 2.37. The fraction of sp³-hybridized carbons (Fsp3) is 0.211. The summed E-state index contributed by atoms with van der Waals surface area (Å²) in [5, 5.41) is 9.55. The van der Waals surface area contributed by atoms with Crippen molar-refractivity contribution in [1.82, 2.24) is 4.90 Å². The van der Waals surface area contributed by atoms with Crippen molar-refractivity contribution in [3.05, 3.63) is 59.7 Å². The molecule has 2 unspecified atom stereocenters. The zero-order chi connectivity index (χ0) is 18.0. The number of carbonyl (C=O) groups is 2. The van der Waals surface area contributed by atoms with Gasteiger partial charge in [0.05, 0.1) is 13.2 Å². The Morgan fingerprint density at radius 1 is 1.20 bits per heavy atom. The molecule has 1 aliphatic rings. The molecule has 2 aromatic rings. The van der Waals surface area contributed by atoms with E-state index in [0.29, 0.717) is 22.6 Å². The maximum absolute atomic E-state index is 12.6. The molecule has 0 spiro atoms. The van der Waals surface area contributed by atoms with E-state index in [1.165, 1.54) is 12.0 Å². The zero-order valence-corrected chi connectivity index (χ0v) is 13.8. The van der Waals surface area contributed by atoms with Gasteiger partial charge in [-0.3, -0.25) is 4.79 Å². The van der Waals surface area contributed by atoms with E-state index in [-0.39, 0.29) is 5.91 Å². The standard InChI is InChI=1S/C19H16N2O4/c1-12(19(23)24-2)21-17(11-20)16-10-14(8-9-15(16)18(21)22)25-13-6-4-3-5-7-13/h3-10,12,17H,1-2H3. The van der Waals surface area contributed by atoms with Crippen LogP contribution in [0.2, 0.25) is 0 Å². The van der Waals surface area contributed by atoms with Gasteiger partial charge in [0.15, 0.2) is 0 Å². The monoisotopic (exact) mass is 336 g/mol. The first kappa shape index (κ1) is 16.5. The van der Waals surface area contributed by atoms with Crippen molar-refractivity contribution in [1.29, 1.82) is 5.26 Å². The molecule has 1 aliphatic heterocycles. The molecular formula is C19H16N2O4. The van der Waals surface area contributed by atoms with Crippen LogP contribution in [0, 0.1) is 11.3 Å². The average molecular weight is 336 g/mol. The summed E-state index contributed by atoms with van der Waals surface area (Å²) in [6.45, 7) is 1.54. The van der Waals surface area contributed by atoms with Crippen LogP contribution in [0.5, 0.6) is 11.5 Å². The summed E-state index contributed by atoms with van der Waals surface area (Å²) < 4.78 is 10.5. The van der Waals surface area contributed by atoms with E-state index in [9.17, 15) is 14.9 Å². The van der Waals surface area contributed by atoms with E-state index >= 15 is 0 Å². The third-order valence-electron chi connectivity index (χ3n) is 4.12. The first-order valence-corrected chi connectivity index (χ1v) is 7.73. The quantitative estimate of drug-likeness (QED) is 0.802. The summed E-state index contributed by atoms with van der Waals surface area (Å²) in [6.07, 6.45) is 0. The fourth-order valence-electron chi connectivity index (χ4n) is 2.87. The van der Waals surface area contributed by atoms with E-state index < -0.39 is 18.1 Å². The van der Waals surface area contributed by atoms with Crippen LogP contribution in [0.25, 0.3) is 0 Å². The van der Waals surface area contributed by atoms with Gasteiger partial charge in [-0.2, -0.15) is 5.26 Å². The molecule has 0 radical (unpaired) electrons. The molecule has 0 aromatic heterocycles. The molecule has 0 saturated carbocycles. The number of para-hydroxylation sites is 1. The Balaban J connectivity index is 1.94. The molecule has 6 nitrogen and oxygen atoms in total. The van der Waals surface area contributed by atoms with Gasteiger partial charge in [-0.15, -0.1) is 0 Å². The van der Waals surface area contributed by atoms with Gasteiger partial charge in [-0.1, -0.05) is 18.2 Å². The first-order valence-electron chi connectivity index (χ1n) is 7.73. The number of benzene rings is 2. The normalized spacial score (nSPS) is 16.8. The molecule has 1 amide bonds. The van der Waals surface area contributed by atoms with Crippen LogP contribution in [0.15, 0.2) is 48.5 Å². The second-order valence-corrected chi connectivity index (χ2v) is 5.61. The van der Waals surface area contributed by atoms with Crippen molar-refractivity contribution in [2.45, 2.75) is 19.0 Å². The Bertz CT molecular complexity index is 857. The van der Waals surface area contributed by atoms with Crippen molar-refractivity contribution < 1.29 is 19.1 Å². The molecular weight excluding hydrogens is 320 g/mol. The summed E-state index contributed by atoms with van der Waals surface area (Å²) in [5.74, 6) is 0.235. The van der Waals surface area contributed by atoms with Gasteiger partial charge in [0.1, 0.15) is 23.6 Å². The second kappa shape index (κ2) is 6.65. The van der Waals surface area contributed by atoms with Crippen LogP contribution in [0.4, 0.5) is 0 Å². The van der Waals surface area contributed by atoms with Gasteiger partial charge in [0.2, 0.25) is 0 Å². The van der Waals surface area contributed by atoms with E-state index in [2.05, 4.69) is 6.07 Å². The van der Waals surface area contributed by atoms with Crippen LogP contribution in [-0.2, 0) is 9.53 Å². The SMILES string of the molecule is COC(=O)C(C)N1C(=O)c2ccc(Oc3ccccc3)cc2C1C#N. The molecule has 0 fully saturated rings. The van der Waals surface area contributed by atoms with Crippen molar-refractivity contribution in [3.8, 4) is 17.6 Å². The van der Waals surface area contributed by atoms with Gasteiger partial charge in [-0.05, 0) is 37.3 Å². The van der Waals surface area contributed by atoms with E-state index in [1.807, 2.05) is 30.3 Å². The number of rotatable bonds is 4. The number of methoxy groups -OCH3 is 1. The number of nitriles is 1. The molecule has 3 rings (SSSR count). The predicted octanol–water partition coefficient (Wildman–Crippen LogP) is 3.06. The summed E-state index contributed by atoms with van der Waals surface area (Å²) in [6, 6.07) is 14.5. The molecule has 2 aromatic carbocycles. The molecule has 6 heteroatoms. The van der Waals surface area contributed by atoms with E-state index in [0.717, 1.165) is 0 Å². The molecule has 0 aliphatic carbocycles. The molecule has 0 saturated heterocycles. The highest BCUT2D eigenvalue weighted by Gasteiger charge is 2.42. The van der Waals surface area contributed by atoms with Gasteiger partial charge in [-0.25, -0.2) is 4.79 Å². The largest absolute Gasteiger partial charge is 0.467 e. The first-order chi connectivity index (χ1) is 12.1. The van der Waals surface area contributed by atoms with Crippen LogP contribution >= 0.6 is 0 Å². The minimum atomic E-state index is -0.865. The summed E-state index contributed by atoms with van der Waals surface area (Å²) in [7, 11) is 1.25. The Hall–Kier alpha value is -3.33. The lowest BCUT2D eigenvalue weighted by atomic mass is 10.0. The van der Waals surface area contributed by atoms with Crippen LogP contribution in [-0.4, -0.2) is 29.9 Å². The van der Waals surface area contributed by atoms with Gasteiger partial charge >= 0.3 is 5.97 Å². The molecule has 1 heterocycles. The zero-order valence-electron chi connectivity index (χ0n) is 13.8. The lowest BCUT2D eigenvalue weighted by Crippen LogP contribution is -2.41. The fourth-order valence-corrected chi connectivity index (χ4v) is 2.87. The number of hydrogen-bond donors (Lipinski definition) is 0. The second-order valence-electron chi connectivity index (χ2n) is 5.61. The van der Waals surface area contributed by atoms with Crippen LogP contribution in [0.1, 0.15) is 28.9 Å². The van der Waals surface area contributed by atoms with Gasteiger partial charge < -0.3 is 14.4 Å². The Morgan fingerprint density at radius 3 is 2.56 bits per heavy atom. The Morgan fingerprint density at radius 2 is 1.92 bits per heavy atom. The lowest BCUT2D eigenvalue weighted by Gasteiger charge is -2.25. The maximum atomic E-state index is 12.6. The Labute approximate surface area is 145 Å². The van der Waals surface area contributed by atoms with E-state index in [4.69, 9.17) is 9.47 Å². The van der Waals surface area contributed by atoms with Gasteiger partial charge in [0.25, 0.3) is 5.91 Å². The number of ether oxygens (including phenoxy) is 2. The minimum absolute atomic E-state index is 0.370. The Kier molecular flexibility index (Phi) is 4.40. The number of carbonyl (C=O) groups excluding carboxylic acids is 2. The van der Waals surface area contributed by atoms with Crippen molar-refractivity contribution in [2.24, 2.45) is 0 Å². The number of esters is 1. The number of hydrogen-bond acceptors (Lipinski definition) is 5. The molecule has 25 heavy (non-hydrogen) atoms. The predicted molar refractivity (Wildman–Crippen MR) is 89.0 cm³/mol. The third kappa shape index (κ3) is 2.92. The number of amides is 1. The summed E-state index contributed by atoms with van der Waals surface area (Å²) in [4.78, 5) is 25.7. The molecule has 0 bridgehead atoms. The molecule has 126 valence electrons. The summed E-state index contributed by atoms with van der Waals surface area (Å²) >= 11 is 0.